The largest absolute Gasteiger partial charge is 0.342 e. The zero-order valence-corrected chi connectivity index (χ0v) is 18.8. The van der Waals surface area contributed by atoms with Crippen molar-refractivity contribution in [2.75, 3.05) is 4.72 Å². The van der Waals surface area contributed by atoms with Crippen LogP contribution in [0.1, 0.15) is 40.3 Å². The van der Waals surface area contributed by atoms with E-state index in [1.54, 1.807) is 37.3 Å². The molecule has 0 unspecified atom stereocenters. The van der Waals surface area contributed by atoms with Crippen molar-refractivity contribution in [3.05, 3.63) is 89.2 Å². The molecule has 0 bridgehead atoms. The van der Waals surface area contributed by atoms with Gasteiger partial charge >= 0.3 is 0 Å². The Balaban J connectivity index is 1.52. The van der Waals surface area contributed by atoms with E-state index in [0.29, 0.717) is 22.6 Å². The second-order valence-corrected chi connectivity index (χ2v) is 9.44. The highest BCUT2D eigenvalue weighted by Crippen LogP contribution is 2.22. The molecule has 1 aromatic heterocycles. The van der Waals surface area contributed by atoms with Crippen LogP contribution in [0, 0.1) is 13.8 Å². The minimum Gasteiger partial charge on any atom is -0.342 e. The Morgan fingerprint density at radius 3 is 2.56 bits per heavy atom. The minimum atomic E-state index is -3.79. The number of aromatic amines is 1. The van der Waals surface area contributed by atoms with Crippen LogP contribution in [0.5, 0.6) is 0 Å². The Bertz CT molecular complexity index is 1380. The first kappa shape index (κ1) is 21.6. The predicted molar refractivity (Wildman–Crippen MR) is 125 cm³/mol. The van der Waals surface area contributed by atoms with E-state index in [4.69, 9.17) is 0 Å². The monoisotopic (exact) mass is 448 g/mol. The number of hydrogen-bond acceptors (Lipinski definition) is 4. The van der Waals surface area contributed by atoms with E-state index in [9.17, 15) is 13.2 Å². The molecule has 1 amide bonds. The highest BCUT2D eigenvalue weighted by molar-refractivity contribution is 7.92. The van der Waals surface area contributed by atoms with Crippen LogP contribution in [-0.2, 0) is 10.0 Å². The quantitative estimate of drug-likeness (QED) is 0.405. The molecular weight excluding hydrogens is 424 g/mol. The van der Waals surface area contributed by atoms with Crippen LogP contribution in [-0.4, -0.2) is 24.3 Å². The molecule has 1 heterocycles. The lowest BCUT2D eigenvalue weighted by molar-refractivity contribution is 0.0938. The topological polar surface area (TPSA) is 104 Å². The molecule has 4 rings (SSSR count). The number of rotatable bonds is 6. The number of H-pyrrole nitrogens is 1. The number of fused-ring (bicyclic) bond motifs is 1. The van der Waals surface area contributed by atoms with E-state index < -0.39 is 10.0 Å². The molecule has 3 N–H and O–H groups in total. The van der Waals surface area contributed by atoms with Gasteiger partial charge in [-0.2, -0.15) is 0 Å². The summed E-state index contributed by atoms with van der Waals surface area (Å²) >= 11 is 0. The van der Waals surface area contributed by atoms with Crippen molar-refractivity contribution in [3.8, 4) is 0 Å². The first-order valence-electron chi connectivity index (χ1n) is 10.2. The van der Waals surface area contributed by atoms with Crippen LogP contribution in [0.4, 0.5) is 5.69 Å². The molecule has 4 aromatic rings. The van der Waals surface area contributed by atoms with Gasteiger partial charge < -0.3 is 10.3 Å². The Kier molecular flexibility index (Phi) is 5.71. The maximum absolute atomic E-state index is 12.9. The van der Waals surface area contributed by atoms with Crippen LogP contribution in [0.25, 0.3) is 11.0 Å². The summed E-state index contributed by atoms with van der Waals surface area (Å²) in [5.41, 5.74) is 3.88. The number of benzene rings is 3. The van der Waals surface area contributed by atoms with Gasteiger partial charge in [0, 0.05) is 11.3 Å². The van der Waals surface area contributed by atoms with Crippen molar-refractivity contribution < 1.29 is 13.2 Å². The second kappa shape index (κ2) is 8.47. The van der Waals surface area contributed by atoms with Crippen molar-refractivity contribution in [2.45, 2.75) is 31.7 Å². The summed E-state index contributed by atoms with van der Waals surface area (Å²) in [5.74, 6) is 0.317. The average Bonchev–Trinajstić information content (AvgIpc) is 3.20. The number of amides is 1. The lowest BCUT2D eigenvalue weighted by Crippen LogP contribution is -2.27. The van der Waals surface area contributed by atoms with Gasteiger partial charge in [0.25, 0.3) is 15.9 Å². The fourth-order valence-electron chi connectivity index (χ4n) is 3.46. The van der Waals surface area contributed by atoms with Gasteiger partial charge in [0.1, 0.15) is 5.82 Å². The van der Waals surface area contributed by atoms with E-state index in [-0.39, 0.29) is 16.8 Å². The lowest BCUT2D eigenvalue weighted by atomic mass is 10.2. The molecule has 3 aromatic carbocycles. The Hall–Kier alpha value is -3.65. The first-order chi connectivity index (χ1) is 15.2. The van der Waals surface area contributed by atoms with E-state index >= 15 is 0 Å². The lowest BCUT2D eigenvalue weighted by Gasteiger charge is -2.14. The summed E-state index contributed by atoms with van der Waals surface area (Å²) < 4.78 is 28.3. The number of para-hydroxylation sites is 2. The fraction of sp³-hybridized carbons (Fsp3) is 0.167. The molecule has 0 saturated heterocycles. The van der Waals surface area contributed by atoms with Crippen LogP contribution in [0.15, 0.2) is 71.6 Å². The van der Waals surface area contributed by atoms with Gasteiger partial charge in [-0.1, -0.05) is 30.3 Å². The van der Waals surface area contributed by atoms with E-state index in [0.717, 1.165) is 16.6 Å². The second-order valence-electron chi connectivity index (χ2n) is 7.79. The molecule has 8 heteroatoms. The number of carbonyl (C=O) groups excluding carboxylic acids is 1. The fourth-order valence-corrected chi connectivity index (χ4v) is 4.84. The van der Waals surface area contributed by atoms with Crippen LogP contribution >= 0.6 is 0 Å². The predicted octanol–water partition coefficient (Wildman–Crippen LogP) is 4.47. The summed E-state index contributed by atoms with van der Waals surface area (Å²) in [6, 6.07) is 19.0. The summed E-state index contributed by atoms with van der Waals surface area (Å²) in [5, 5.41) is 2.90. The third-order valence-corrected chi connectivity index (χ3v) is 6.70. The molecule has 0 radical (unpaired) electrons. The van der Waals surface area contributed by atoms with Gasteiger partial charge in [0.2, 0.25) is 0 Å². The van der Waals surface area contributed by atoms with E-state index in [2.05, 4.69) is 20.0 Å². The SMILES string of the molecule is Cc1ccc(C)c(S(=O)(=O)Nc2cccc(C(=O)N[C@H](C)c3nc4ccccc4[nH]3)c2)c1. The maximum Gasteiger partial charge on any atom is 0.262 e. The molecule has 0 aliphatic rings. The number of nitrogens with zero attached hydrogens (tertiary/aromatic N) is 1. The molecule has 0 aliphatic heterocycles. The number of aromatic nitrogens is 2. The van der Waals surface area contributed by atoms with E-state index in [1.165, 1.54) is 6.07 Å². The smallest absolute Gasteiger partial charge is 0.262 e. The number of imidazole rings is 1. The standard InChI is InChI=1S/C24H24N4O3S/c1-15-11-12-16(2)22(13-15)32(30,31)28-19-8-6-7-18(14-19)24(29)25-17(3)23-26-20-9-4-5-10-21(20)27-23/h4-14,17,28H,1-3H3,(H,25,29)(H,26,27)/t17-/m1/s1. The number of carbonyl (C=O) groups is 1. The zero-order valence-electron chi connectivity index (χ0n) is 18.0. The normalized spacial score (nSPS) is 12.5. The molecule has 164 valence electrons. The van der Waals surface area contributed by atoms with Gasteiger partial charge in [-0.15, -0.1) is 0 Å². The molecule has 32 heavy (non-hydrogen) atoms. The van der Waals surface area contributed by atoms with Crippen LogP contribution < -0.4 is 10.0 Å². The molecule has 7 nitrogen and oxygen atoms in total. The molecule has 0 saturated carbocycles. The van der Waals surface area contributed by atoms with Crippen molar-refractivity contribution in [3.63, 3.8) is 0 Å². The van der Waals surface area contributed by atoms with Gasteiger partial charge in [-0.3, -0.25) is 9.52 Å². The molecule has 0 fully saturated rings. The summed E-state index contributed by atoms with van der Waals surface area (Å²) in [7, 11) is -3.79. The number of sulfonamides is 1. The van der Waals surface area contributed by atoms with Crippen molar-refractivity contribution in [1.29, 1.82) is 0 Å². The number of anilines is 1. The summed E-state index contributed by atoms with van der Waals surface area (Å²) in [6.07, 6.45) is 0. The van der Waals surface area contributed by atoms with Crippen molar-refractivity contribution in [1.82, 2.24) is 15.3 Å². The third-order valence-electron chi connectivity index (χ3n) is 5.18. The Labute approximate surface area is 187 Å². The van der Waals surface area contributed by atoms with Gasteiger partial charge in [-0.05, 0) is 68.3 Å². The van der Waals surface area contributed by atoms with Gasteiger partial charge in [-0.25, -0.2) is 13.4 Å². The first-order valence-corrected chi connectivity index (χ1v) is 11.7. The number of aryl methyl sites for hydroxylation is 2. The number of nitrogens with one attached hydrogen (secondary N) is 3. The van der Waals surface area contributed by atoms with Gasteiger partial charge in [0.05, 0.1) is 22.0 Å². The molecular formula is C24H24N4O3S. The van der Waals surface area contributed by atoms with Crippen molar-refractivity contribution in [2.24, 2.45) is 0 Å². The average molecular weight is 449 g/mol. The van der Waals surface area contributed by atoms with Gasteiger partial charge in [0.15, 0.2) is 0 Å². The zero-order chi connectivity index (χ0) is 22.9. The summed E-state index contributed by atoms with van der Waals surface area (Å²) in [6.45, 7) is 5.42. The molecule has 1 atom stereocenters. The van der Waals surface area contributed by atoms with Crippen molar-refractivity contribution >= 4 is 32.7 Å². The number of hydrogen-bond donors (Lipinski definition) is 3. The molecule has 0 spiro atoms. The summed E-state index contributed by atoms with van der Waals surface area (Å²) in [4.78, 5) is 20.7. The third kappa shape index (κ3) is 4.50. The highest BCUT2D eigenvalue weighted by atomic mass is 32.2. The Morgan fingerprint density at radius 2 is 1.78 bits per heavy atom. The maximum atomic E-state index is 12.9. The highest BCUT2D eigenvalue weighted by Gasteiger charge is 2.19. The Morgan fingerprint density at radius 1 is 1.00 bits per heavy atom. The molecule has 0 aliphatic carbocycles. The minimum absolute atomic E-state index is 0.214. The van der Waals surface area contributed by atoms with Crippen LogP contribution in [0.3, 0.4) is 0 Å². The van der Waals surface area contributed by atoms with Crippen LogP contribution in [0.2, 0.25) is 0 Å². The van der Waals surface area contributed by atoms with E-state index in [1.807, 2.05) is 44.2 Å².